The number of nitrogens with zero attached hydrogens (tertiary/aromatic N) is 3. The van der Waals surface area contributed by atoms with Crippen LogP contribution in [0.25, 0.3) is 55.2 Å². The summed E-state index contributed by atoms with van der Waals surface area (Å²) in [5.41, 5.74) is 26.9. The molecule has 1 aromatic heterocycles. The second kappa shape index (κ2) is 18.5. The van der Waals surface area contributed by atoms with Crippen LogP contribution < -0.4 is 9.80 Å². The third kappa shape index (κ3) is 7.76. The smallest absolute Gasteiger partial charge is 0.0740 e. The Morgan fingerprint density at radius 3 is 1.66 bits per heavy atom. The molecule has 0 radical (unpaired) electrons. The second-order valence-electron chi connectivity index (χ2n) is 24.3. The van der Waals surface area contributed by atoms with Gasteiger partial charge in [-0.1, -0.05) is 199 Å². The van der Waals surface area contributed by atoms with Crippen LogP contribution in [0.15, 0.2) is 236 Å². The van der Waals surface area contributed by atoms with E-state index in [0.717, 1.165) is 59.8 Å². The SMILES string of the molecule is Cn1c2ccccc2c2c3c(cc(N(c4ccc(-c5ccccc5)cc4)c4ccc(C(C)(C)C)cc4)c21)C1(C2=CCCC=C2c2ccccc21)c1cc(N(c2ccc(C4=CCCC=C4)cc2)c2ccc(C(C)(C)C)cc2)ccc1-3. The standard InChI is InChI=1S/C76H67N3/c1-74(2,3)54-34-42-57(43-35-54)78(56-38-30-52(31-39-56)50-20-10-8-11-21-50)60-46-47-63-67(48-60)76(65-27-17-14-24-61(65)62-25-15-18-28-66(62)76)68-49-70(73-72(71(63)68)64-26-16-19-29-69(64)77(73)7)79(59-44-36-55(37-45-59)75(4,5)6)58-40-32-53(33-41-58)51-22-12-9-13-23-51/h9-10,12-14,16-17,19-49H,8,11,15,18H2,1-7H3. The van der Waals surface area contributed by atoms with Crippen molar-refractivity contribution in [1.82, 2.24) is 4.57 Å². The van der Waals surface area contributed by atoms with Crippen LogP contribution >= 0.6 is 0 Å². The highest BCUT2D eigenvalue weighted by atomic mass is 15.2. The zero-order chi connectivity index (χ0) is 53.8. The van der Waals surface area contributed by atoms with Crippen molar-refractivity contribution in [3.05, 3.63) is 275 Å². The van der Waals surface area contributed by atoms with Crippen molar-refractivity contribution in [2.45, 2.75) is 83.5 Å². The maximum absolute atomic E-state index is 2.62. The third-order valence-electron chi connectivity index (χ3n) is 17.6. The Kier molecular flexibility index (Phi) is 11.4. The summed E-state index contributed by atoms with van der Waals surface area (Å²) in [6, 6.07) is 76.4. The van der Waals surface area contributed by atoms with Gasteiger partial charge in [-0.2, -0.15) is 0 Å². The van der Waals surface area contributed by atoms with Crippen LogP contribution in [0, 0.1) is 0 Å². The maximum Gasteiger partial charge on any atom is 0.0740 e. The van der Waals surface area contributed by atoms with Crippen LogP contribution in [0.4, 0.5) is 34.1 Å². The van der Waals surface area contributed by atoms with Gasteiger partial charge in [0.15, 0.2) is 0 Å². The van der Waals surface area contributed by atoms with E-state index in [2.05, 4.69) is 294 Å². The molecule has 4 aliphatic carbocycles. The molecule has 386 valence electrons. The molecule has 79 heavy (non-hydrogen) atoms. The van der Waals surface area contributed by atoms with Gasteiger partial charge in [0.2, 0.25) is 0 Å². The normalized spacial score (nSPS) is 16.3. The first-order chi connectivity index (χ1) is 38.4. The van der Waals surface area contributed by atoms with Gasteiger partial charge in [0.1, 0.15) is 0 Å². The van der Waals surface area contributed by atoms with E-state index in [1.165, 1.54) is 99.7 Å². The van der Waals surface area contributed by atoms with E-state index in [1.807, 2.05) is 0 Å². The van der Waals surface area contributed by atoms with Crippen LogP contribution in [0.1, 0.15) is 106 Å². The quantitative estimate of drug-likeness (QED) is 0.150. The molecule has 0 bridgehead atoms. The fourth-order valence-corrected chi connectivity index (χ4v) is 13.7. The van der Waals surface area contributed by atoms with E-state index >= 15 is 0 Å². The Hall–Kier alpha value is -8.66. The van der Waals surface area contributed by atoms with E-state index in [4.69, 9.17) is 0 Å². The molecule has 4 aliphatic rings. The minimum atomic E-state index is -0.617. The summed E-state index contributed by atoms with van der Waals surface area (Å²) in [6.07, 6.45) is 16.3. The molecule has 10 aromatic rings. The monoisotopic (exact) mass is 1020 g/mol. The Labute approximate surface area is 466 Å². The molecule has 0 saturated heterocycles. The molecule has 1 unspecified atom stereocenters. The highest BCUT2D eigenvalue weighted by Gasteiger charge is 2.55. The number of rotatable bonds is 8. The first-order valence-electron chi connectivity index (χ1n) is 28.5. The van der Waals surface area contributed by atoms with Gasteiger partial charge in [-0.15, -0.1) is 0 Å². The lowest BCUT2D eigenvalue weighted by molar-refractivity contribution is 0.590. The fraction of sp³-hybridized carbons (Fsp3) is 0.184. The Balaban J connectivity index is 1.06. The van der Waals surface area contributed by atoms with Crippen LogP contribution in [0.2, 0.25) is 0 Å². The molecule has 0 N–H and O–H groups in total. The molecule has 1 atom stereocenters. The predicted molar refractivity (Wildman–Crippen MR) is 336 cm³/mol. The minimum absolute atomic E-state index is 0.00243. The van der Waals surface area contributed by atoms with Gasteiger partial charge < -0.3 is 14.4 Å². The van der Waals surface area contributed by atoms with E-state index < -0.39 is 5.41 Å². The Morgan fingerprint density at radius 2 is 1.00 bits per heavy atom. The number of aromatic nitrogens is 1. The van der Waals surface area contributed by atoms with Gasteiger partial charge in [0, 0.05) is 51.8 Å². The van der Waals surface area contributed by atoms with Crippen molar-refractivity contribution in [3.63, 3.8) is 0 Å². The molecule has 0 saturated carbocycles. The number of anilines is 6. The zero-order valence-corrected chi connectivity index (χ0v) is 46.6. The van der Waals surface area contributed by atoms with Gasteiger partial charge in [-0.05, 0) is 187 Å². The number of hydrogen-bond acceptors (Lipinski definition) is 2. The molecule has 9 aromatic carbocycles. The van der Waals surface area contributed by atoms with Crippen molar-refractivity contribution >= 4 is 67.1 Å². The lowest BCUT2D eigenvalue weighted by Crippen LogP contribution is -2.27. The average molecular weight is 1020 g/mol. The number of benzene rings is 9. The summed E-state index contributed by atoms with van der Waals surface area (Å²) in [6.45, 7) is 13.8. The van der Waals surface area contributed by atoms with Crippen molar-refractivity contribution in [3.8, 4) is 22.3 Å². The zero-order valence-electron chi connectivity index (χ0n) is 46.6. The summed E-state index contributed by atoms with van der Waals surface area (Å²) in [5, 5.41) is 2.55. The fourth-order valence-electron chi connectivity index (χ4n) is 13.7. The summed E-state index contributed by atoms with van der Waals surface area (Å²) >= 11 is 0. The van der Waals surface area contributed by atoms with Gasteiger partial charge in [-0.3, -0.25) is 0 Å². The molecule has 3 heteroatoms. The molecule has 3 nitrogen and oxygen atoms in total. The van der Waals surface area contributed by atoms with Crippen molar-refractivity contribution in [2.24, 2.45) is 7.05 Å². The highest BCUT2D eigenvalue weighted by molar-refractivity contribution is 6.22. The molecule has 1 spiro atoms. The van der Waals surface area contributed by atoms with Crippen LogP contribution in [-0.4, -0.2) is 4.57 Å². The number of hydrogen-bond donors (Lipinski definition) is 0. The van der Waals surface area contributed by atoms with Crippen LogP contribution in [-0.2, 0) is 23.3 Å². The first-order valence-corrected chi connectivity index (χ1v) is 28.5. The molecule has 14 rings (SSSR count). The number of aryl methyl sites for hydroxylation is 1. The Morgan fingerprint density at radius 1 is 0.443 bits per heavy atom. The summed E-state index contributed by atoms with van der Waals surface area (Å²) in [7, 11) is 2.28. The molecule has 0 fully saturated rings. The minimum Gasteiger partial charge on any atom is -0.342 e. The number of allylic oxidation sites excluding steroid dienone is 8. The molecule has 1 heterocycles. The van der Waals surface area contributed by atoms with E-state index in [0.29, 0.717) is 0 Å². The molecular formula is C76H67N3. The molecular weight excluding hydrogens is 955 g/mol. The topological polar surface area (TPSA) is 11.4 Å². The van der Waals surface area contributed by atoms with E-state index in [9.17, 15) is 0 Å². The summed E-state index contributed by atoms with van der Waals surface area (Å²) < 4.78 is 2.47. The lowest BCUT2D eigenvalue weighted by Gasteiger charge is -2.34. The maximum atomic E-state index is 2.62. The van der Waals surface area contributed by atoms with E-state index in [1.54, 1.807) is 0 Å². The highest BCUT2D eigenvalue weighted by Crippen LogP contribution is 2.67. The number of para-hydroxylation sites is 1. The molecule has 0 aliphatic heterocycles. The van der Waals surface area contributed by atoms with Crippen LogP contribution in [0.5, 0.6) is 0 Å². The average Bonchev–Trinajstić information content (AvgIpc) is 3.94. The largest absolute Gasteiger partial charge is 0.342 e. The predicted octanol–water partition coefficient (Wildman–Crippen LogP) is 20.7. The van der Waals surface area contributed by atoms with Crippen molar-refractivity contribution < 1.29 is 0 Å². The number of fused-ring (bicyclic) bond motifs is 14. The van der Waals surface area contributed by atoms with Crippen molar-refractivity contribution in [1.29, 1.82) is 0 Å². The Bertz CT molecular complexity index is 4170. The van der Waals surface area contributed by atoms with E-state index in [-0.39, 0.29) is 10.8 Å². The van der Waals surface area contributed by atoms with Gasteiger partial charge in [-0.25, -0.2) is 0 Å². The lowest BCUT2D eigenvalue weighted by atomic mass is 9.69. The van der Waals surface area contributed by atoms with Crippen LogP contribution in [0.3, 0.4) is 0 Å². The molecule has 0 amide bonds. The summed E-state index contributed by atoms with van der Waals surface area (Å²) in [5.74, 6) is 0. The van der Waals surface area contributed by atoms with Gasteiger partial charge >= 0.3 is 0 Å². The second-order valence-corrected chi connectivity index (χ2v) is 24.3. The van der Waals surface area contributed by atoms with Gasteiger partial charge in [0.25, 0.3) is 0 Å². The first kappa shape index (κ1) is 48.7. The summed E-state index contributed by atoms with van der Waals surface area (Å²) in [4.78, 5) is 5.04. The van der Waals surface area contributed by atoms with Crippen molar-refractivity contribution in [2.75, 3.05) is 9.80 Å². The third-order valence-corrected chi connectivity index (χ3v) is 17.6. The van der Waals surface area contributed by atoms with Gasteiger partial charge in [0.05, 0.1) is 16.6 Å².